The minimum atomic E-state index is 1.10. The zero-order valence-corrected chi connectivity index (χ0v) is 6.36. The fourth-order valence-electron chi connectivity index (χ4n) is 3.00. The van der Waals surface area contributed by atoms with Crippen LogP contribution in [0.2, 0.25) is 0 Å². The molecule has 0 aromatic heterocycles. The maximum Gasteiger partial charge on any atom is 0.00553 e. The van der Waals surface area contributed by atoms with E-state index in [1.165, 1.54) is 11.8 Å². The Bertz CT molecular complexity index is 110. The van der Waals surface area contributed by atoms with Crippen molar-refractivity contribution in [3.05, 3.63) is 0 Å². The van der Waals surface area contributed by atoms with Crippen molar-refractivity contribution in [3.8, 4) is 0 Å². The van der Waals surface area contributed by atoms with Crippen molar-refractivity contribution in [2.75, 3.05) is 0 Å². The van der Waals surface area contributed by atoms with Crippen LogP contribution in [0, 0.1) is 11.8 Å². The minimum absolute atomic E-state index is 1.10. The van der Waals surface area contributed by atoms with Gasteiger partial charge in [-0.05, 0) is 37.5 Å². The maximum atomic E-state index is 2.29. The van der Waals surface area contributed by atoms with Gasteiger partial charge >= 0.3 is 0 Å². The zero-order valence-electron chi connectivity index (χ0n) is 5.55. The second kappa shape index (κ2) is 1.50. The Morgan fingerprint density at radius 2 is 1.22 bits per heavy atom. The first kappa shape index (κ1) is 5.06. The molecule has 0 aromatic rings. The molecule has 0 atom stereocenters. The molecule has 4 bridgehead atoms. The average Bonchev–Trinajstić information content (AvgIpc) is 2.20. The van der Waals surface area contributed by atoms with Gasteiger partial charge < -0.3 is 0 Å². The van der Waals surface area contributed by atoms with Crippen LogP contribution in [-0.2, 0) is 0 Å². The van der Waals surface area contributed by atoms with Gasteiger partial charge in [0, 0.05) is 10.5 Å². The molecule has 0 unspecified atom stereocenters. The van der Waals surface area contributed by atoms with Gasteiger partial charge in [0.1, 0.15) is 0 Å². The monoisotopic (exact) mass is 140 g/mol. The molecule has 0 nitrogen and oxygen atoms in total. The van der Waals surface area contributed by atoms with Crippen molar-refractivity contribution in [1.29, 1.82) is 0 Å². The molecule has 0 radical (unpaired) electrons. The first-order valence-electron chi connectivity index (χ1n) is 4.07. The second-order valence-corrected chi connectivity index (χ2v) is 5.45. The Hall–Kier alpha value is 0.350. The van der Waals surface area contributed by atoms with Crippen LogP contribution in [0.25, 0.3) is 0 Å². The SMILES string of the molecule is C1C2CC3CC(CC13)S2. The Labute approximate surface area is 60.4 Å². The molecular weight excluding hydrogens is 128 g/mol. The highest BCUT2D eigenvalue weighted by Gasteiger charge is 2.47. The molecule has 4 fully saturated rings. The van der Waals surface area contributed by atoms with E-state index >= 15 is 0 Å². The zero-order chi connectivity index (χ0) is 5.84. The normalized spacial score (nSPS) is 61.3. The standard InChI is InChI=1S/C8H12S/c1-5-2-8-4-6(5)3-7(1)9-8/h5-8H,1-4H2. The highest BCUT2D eigenvalue weighted by Crippen LogP contribution is 2.58. The third kappa shape index (κ3) is 0.568. The third-order valence-corrected chi connectivity index (χ3v) is 4.85. The Kier molecular flexibility index (Phi) is 0.843. The van der Waals surface area contributed by atoms with Gasteiger partial charge in [0.2, 0.25) is 0 Å². The summed E-state index contributed by atoms with van der Waals surface area (Å²) < 4.78 is 0. The lowest BCUT2D eigenvalue weighted by Crippen LogP contribution is -2.14. The Morgan fingerprint density at radius 3 is 1.56 bits per heavy atom. The first-order chi connectivity index (χ1) is 4.42. The van der Waals surface area contributed by atoms with E-state index in [0.717, 1.165) is 10.5 Å². The van der Waals surface area contributed by atoms with E-state index in [1.54, 1.807) is 25.7 Å². The largest absolute Gasteiger partial charge is 0.155 e. The smallest absolute Gasteiger partial charge is 0.00553 e. The molecule has 0 spiro atoms. The summed E-state index contributed by atoms with van der Waals surface area (Å²) in [4.78, 5) is 0. The van der Waals surface area contributed by atoms with Crippen LogP contribution in [0.1, 0.15) is 25.7 Å². The Balaban J connectivity index is 2.00. The number of hydrogen-bond acceptors (Lipinski definition) is 1. The summed E-state index contributed by atoms with van der Waals surface area (Å²) in [5, 5.41) is 2.21. The fraction of sp³-hybridized carbons (Fsp3) is 1.00. The van der Waals surface area contributed by atoms with Crippen LogP contribution in [0.15, 0.2) is 0 Å². The van der Waals surface area contributed by atoms with Crippen LogP contribution in [-0.4, -0.2) is 10.5 Å². The lowest BCUT2D eigenvalue weighted by Gasteiger charge is -2.23. The predicted octanol–water partition coefficient (Wildman–Crippen LogP) is 2.29. The molecule has 0 aromatic carbocycles. The summed E-state index contributed by atoms with van der Waals surface area (Å²) in [5.41, 5.74) is 0. The van der Waals surface area contributed by atoms with E-state index in [2.05, 4.69) is 11.8 Å². The number of hydrogen-bond donors (Lipinski definition) is 0. The van der Waals surface area contributed by atoms with Gasteiger partial charge in [-0.2, -0.15) is 11.8 Å². The van der Waals surface area contributed by atoms with Gasteiger partial charge in [-0.1, -0.05) is 0 Å². The van der Waals surface area contributed by atoms with E-state index in [4.69, 9.17) is 0 Å². The molecule has 1 heteroatoms. The first-order valence-corrected chi connectivity index (χ1v) is 5.01. The lowest BCUT2D eigenvalue weighted by atomic mass is 10.0. The minimum Gasteiger partial charge on any atom is -0.155 e. The molecule has 0 amide bonds. The molecule has 2 aliphatic carbocycles. The fourth-order valence-corrected chi connectivity index (χ4v) is 4.98. The number of thioether (sulfide) groups is 1. The van der Waals surface area contributed by atoms with E-state index in [1.807, 2.05) is 0 Å². The van der Waals surface area contributed by atoms with Crippen LogP contribution in [0.4, 0.5) is 0 Å². The van der Waals surface area contributed by atoms with E-state index < -0.39 is 0 Å². The molecule has 4 aliphatic rings. The Morgan fingerprint density at radius 1 is 0.778 bits per heavy atom. The van der Waals surface area contributed by atoms with Crippen molar-refractivity contribution in [2.45, 2.75) is 36.2 Å². The van der Waals surface area contributed by atoms with Gasteiger partial charge in [0.15, 0.2) is 0 Å². The molecule has 2 saturated carbocycles. The van der Waals surface area contributed by atoms with Gasteiger partial charge in [-0.3, -0.25) is 0 Å². The van der Waals surface area contributed by atoms with Crippen LogP contribution < -0.4 is 0 Å². The van der Waals surface area contributed by atoms with Crippen molar-refractivity contribution in [1.82, 2.24) is 0 Å². The molecule has 2 saturated heterocycles. The van der Waals surface area contributed by atoms with Crippen molar-refractivity contribution < 1.29 is 0 Å². The van der Waals surface area contributed by atoms with Crippen LogP contribution in [0.3, 0.4) is 0 Å². The van der Waals surface area contributed by atoms with E-state index in [-0.39, 0.29) is 0 Å². The predicted molar refractivity (Wildman–Crippen MR) is 40.6 cm³/mol. The summed E-state index contributed by atoms with van der Waals surface area (Å²) in [6.45, 7) is 0. The summed E-state index contributed by atoms with van der Waals surface area (Å²) in [5.74, 6) is 2.36. The summed E-state index contributed by atoms with van der Waals surface area (Å²) >= 11 is 2.29. The molecular formula is C8H12S. The quantitative estimate of drug-likeness (QED) is 0.497. The van der Waals surface area contributed by atoms with Crippen molar-refractivity contribution >= 4 is 11.8 Å². The summed E-state index contributed by atoms with van der Waals surface area (Å²) in [7, 11) is 0. The highest BCUT2D eigenvalue weighted by molar-refractivity contribution is 8.00. The molecule has 50 valence electrons. The second-order valence-electron chi connectivity index (χ2n) is 3.84. The van der Waals surface area contributed by atoms with E-state index in [9.17, 15) is 0 Å². The van der Waals surface area contributed by atoms with Crippen LogP contribution in [0.5, 0.6) is 0 Å². The average molecular weight is 140 g/mol. The van der Waals surface area contributed by atoms with Gasteiger partial charge in [-0.25, -0.2) is 0 Å². The molecule has 0 N–H and O–H groups in total. The highest BCUT2D eigenvalue weighted by atomic mass is 32.2. The number of rotatable bonds is 0. The molecule has 2 aliphatic heterocycles. The third-order valence-electron chi connectivity index (χ3n) is 3.31. The van der Waals surface area contributed by atoms with Gasteiger partial charge in [0.25, 0.3) is 0 Å². The summed E-state index contributed by atoms with van der Waals surface area (Å²) in [6.07, 6.45) is 6.30. The topological polar surface area (TPSA) is 0 Å². The lowest BCUT2D eigenvalue weighted by molar-refractivity contribution is 0.457. The molecule has 2 heterocycles. The van der Waals surface area contributed by atoms with Gasteiger partial charge in [0.05, 0.1) is 0 Å². The van der Waals surface area contributed by atoms with Crippen molar-refractivity contribution in [3.63, 3.8) is 0 Å². The molecule has 4 rings (SSSR count). The summed E-state index contributed by atoms with van der Waals surface area (Å²) in [6, 6.07) is 0. The van der Waals surface area contributed by atoms with E-state index in [0.29, 0.717) is 0 Å². The maximum absolute atomic E-state index is 2.29. The van der Waals surface area contributed by atoms with Gasteiger partial charge in [-0.15, -0.1) is 0 Å². The molecule has 9 heavy (non-hydrogen) atoms. The van der Waals surface area contributed by atoms with Crippen molar-refractivity contribution in [2.24, 2.45) is 11.8 Å². The van der Waals surface area contributed by atoms with Crippen LogP contribution >= 0.6 is 11.8 Å².